The number of nitrogens with two attached hydrogens (primary N) is 1. The predicted molar refractivity (Wildman–Crippen MR) is 109 cm³/mol. The number of hydrogen-bond donors (Lipinski definition) is 2. The van der Waals surface area contributed by atoms with Crippen molar-refractivity contribution in [1.29, 1.82) is 0 Å². The van der Waals surface area contributed by atoms with E-state index in [1.807, 2.05) is 36.1 Å². The van der Waals surface area contributed by atoms with Gasteiger partial charge in [0.05, 0.1) is 0 Å². The van der Waals surface area contributed by atoms with Crippen LogP contribution in [0.25, 0.3) is 0 Å². The molecule has 0 unspecified atom stereocenters. The largest absolute Gasteiger partial charge is 0.347 e. The van der Waals surface area contributed by atoms with E-state index < -0.39 is 0 Å². The Kier molecular flexibility index (Phi) is 4.93. The molecule has 1 saturated carbocycles. The van der Waals surface area contributed by atoms with Crippen LogP contribution >= 0.6 is 11.9 Å². The van der Waals surface area contributed by atoms with E-state index in [1.165, 1.54) is 17.5 Å². The number of fused-ring (bicyclic) bond motifs is 1. The molecule has 1 aromatic heterocycles. The second-order valence-corrected chi connectivity index (χ2v) is 8.85. The van der Waals surface area contributed by atoms with Crippen LogP contribution in [0.2, 0.25) is 0 Å². The van der Waals surface area contributed by atoms with Gasteiger partial charge in [0.15, 0.2) is 5.69 Å². The third kappa shape index (κ3) is 3.54. The van der Waals surface area contributed by atoms with Crippen LogP contribution in [0, 0.1) is 6.92 Å². The fraction of sp³-hybridized carbons (Fsp3) is 0.450. The SMILES string of the molecule is Cc1ccc(CNC(=O)c2nn(C)c3c2CCN(CC2(SN)CC2)C3=O)cc1. The van der Waals surface area contributed by atoms with E-state index in [0.29, 0.717) is 37.4 Å². The molecule has 2 heterocycles. The number of hydrogen-bond acceptors (Lipinski definition) is 5. The highest BCUT2D eigenvalue weighted by molar-refractivity contribution is 7.98. The molecule has 8 heteroatoms. The lowest BCUT2D eigenvalue weighted by Gasteiger charge is -2.30. The van der Waals surface area contributed by atoms with E-state index in [9.17, 15) is 9.59 Å². The Morgan fingerprint density at radius 1 is 1.32 bits per heavy atom. The number of carbonyl (C=O) groups excluding carboxylic acids is 2. The summed E-state index contributed by atoms with van der Waals surface area (Å²) in [6.45, 7) is 3.71. The Balaban J connectivity index is 1.48. The first kappa shape index (κ1) is 19.0. The molecule has 0 spiro atoms. The van der Waals surface area contributed by atoms with Crippen LogP contribution in [-0.2, 0) is 20.0 Å². The Bertz CT molecular complexity index is 917. The molecule has 2 amide bonds. The topological polar surface area (TPSA) is 93.2 Å². The average molecular weight is 400 g/mol. The van der Waals surface area contributed by atoms with Gasteiger partial charge in [-0.1, -0.05) is 41.8 Å². The molecule has 1 fully saturated rings. The Morgan fingerprint density at radius 2 is 2.04 bits per heavy atom. The Hall–Kier alpha value is -2.32. The fourth-order valence-corrected chi connectivity index (χ4v) is 4.24. The second-order valence-electron chi connectivity index (χ2n) is 7.75. The number of aryl methyl sites for hydroxylation is 2. The van der Waals surface area contributed by atoms with Crippen molar-refractivity contribution >= 4 is 23.8 Å². The van der Waals surface area contributed by atoms with Crippen molar-refractivity contribution in [3.8, 4) is 0 Å². The summed E-state index contributed by atoms with van der Waals surface area (Å²) in [4.78, 5) is 27.6. The molecule has 4 rings (SSSR count). The van der Waals surface area contributed by atoms with Crippen molar-refractivity contribution < 1.29 is 9.59 Å². The number of benzene rings is 1. The molecule has 3 N–H and O–H groups in total. The summed E-state index contributed by atoms with van der Waals surface area (Å²) in [5.74, 6) is -0.302. The van der Waals surface area contributed by atoms with Crippen LogP contribution in [0.5, 0.6) is 0 Å². The standard InChI is InChI=1S/C20H25N5O2S/c1-13-3-5-14(6-4-13)11-22-18(26)16-15-7-10-25(12-20(28-21)8-9-20)19(27)17(15)24(2)23-16/h3-6H,7-12,21H2,1-2H3,(H,22,26). The van der Waals surface area contributed by atoms with Crippen molar-refractivity contribution in [3.63, 3.8) is 0 Å². The van der Waals surface area contributed by atoms with Gasteiger partial charge in [0.2, 0.25) is 0 Å². The summed E-state index contributed by atoms with van der Waals surface area (Å²) < 4.78 is 1.56. The second kappa shape index (κ2) is 7.25. The molecule has 28 heavy (non-hydrogen) atoms. The number of carbonyl (C=O) groups is 2. The zero-order valence-corrected chi connectivity index (χ0v) is 17.0. The van der Waals surface area contributed by atoms with Gasteiger partial charge in [0.1, 0.15) is 5.69 Å². The van der Waals surface area contributed by atoms with Crippen LogP contribution in [0.1, 0.15) is 50.5 Å². The summed E-state index contributed by atoms with van der Waals surface area (Å²) in [5.41, 5.74) is 3.82. The van der Waals surface area contributed by atoms with Crippen molar-refractivity contribution in [3.05, 3.63) is 52.3 Å². The maximum absolute atomic E-state index is 13.0. The van der Waals surface area contributed by atoms with Gasteiger partial charge in [-0.2, -0.15) is 5.10 Å². The highest BCUT2D eigenvalue weighted by Gasteiger charge is 2.46. The minimum atomic E-state index is -0.241. The predicted octanol–water partition coefficient (Wildman–Crippen LogP) is 1.80. The fourth-order valence-electron chi connectivity index (χ4n) is 3.68. The summed E-state index contributed by atoms with van der Waals surface area (Å²) in [6.07, 6.45) is 2.72. The summed E-state index contributed by atoms with van der Waals surface area (Å²) in [6, 6.07) is 8.02. The van der Waals surface area contributed by atoms with E-state index >= 15 is 0 Å². The number of nitrogens with one attached hydrogen (secondary N) is 1. The lowest BCUT2D eigenvalue weighted by atomic mass is 10.0. The molecule has 0 bridgehead atoms. The lowest BCUT2D eigenvalue weighted by Crippen LogP contribution is -2.43. The van der Waals surface area contributed by atoms with Gasteiger partial charge < -0.3 is 10.2 Å². The van der Waals surface area contributed by atoms with Crippen molar-refractivity contribution in [2.75, 3.05) is 13.1 Å². The van der Waals surface area contributed by atoms with E-state index in [4.69, 9.17) is 5.14 Å². The maximum Gasteiger partial charge on any atom is 0.272 e. The molecular formula is C20H25N5O2S. The van der Waals surface area contributed by atoms with Crippen LogP contribution in [0.15, 0.2) is 24.3 Å². The maximum atomic E-state index is 13.0. The third-order valence-corrected chi connectivity index (χ3v) is 6.63. The van der Waals surface area contributed by atoms with Gasteiger partial charge >= 0.3 is 0 Å². The lowest BCUT2D eigenvalue weighted by molar-refractivity contribution is 0.0725. The monoisotopic (exact) mass is 399 g/mol. The normalized spacial score (nSPS) is 17.4. The number of amides is 2. The average Bonchev–Trinajstić information content (AvgIpc) is 3.38. The first-order valence-electron chi connectivity index (χ1n) is 9.49. The number of aromatic nitrogens is 2. The molecule has 1 aliphatic heterocycles. The van der Waals surface area contributed by atoms with E-state index in [2.05, 4.69) is 10.4 Å². The zero-order valence-electron chi connectivity index (χ0n) is 16.2. The summed E-state index contributed by atoms with van der Waals surface area (Å²) >= 11 is 1.35. The van der Waals surface area contributed by atoms with Crippen LogP contribution in [0.3, 0.4) is 0 Å². The molecule has 0 atom stereocenters. The summed E-state index contributed by atoms with van der Waals surface area (Å²) in [7, 11) is 1.72. The highest BCUT2D eigenvalue weighted by atomic mass is 32.2. The van der Waals surface area contributed by atoms with Crippen molar-refractivity contribution in [1.82, 2.24) is 20.0 Å². The molecule has 0 radical (unpaired) electrons. The van der Waals surface area contributed by atoms with E-state index in [-0.39, 0.29) is 16.6 Å². The van der Waals surface area contributed by atoms with Gasteiger partial charge in [0.25, 0.3) is 11.8 Å². The van der Waals surface area contributed by atoms with Gasteiger partial charge in [-0.3, -0.25) is 19.4 Å². The first-order chi connectivity index (χ1) is 13.4. The van der Waals surface area contributed by atoms with E-state index in [0.717, 1.165) is 24.0 Å². The molecular weight excluding hydrogens is 374 g/mol. The molecule has 1 aromatic carbocycles. The van der Waals surface area contributed by atoms with Gasteiger partial charge in [-0.25, -0.2) is 0 Å². The third-order valence-electron chi connectivity index (χ3n) is 5.59. The van der Waals surface area contributed by atoms with Crippen LogP contribution in [-0.4, -0.2) is 44.3 Å². The molecule has 0 saturated heterocycles. The van der Waals surface area contributed by atoms with Crippen molar-refractivity contribution in [2.45, 2.75) is 37.5 Å². The Morgan fingerprint density at radius 3 is 2.68 bits per heavy atom. The smallest absolute Gasteiger partial charge is 0.272 e. The van der Waals surface area contributed by atoms with Gasteiger partial charge in [0, 0.05) is 37.0 Å². The van der Waals surface area contributed by atoms with Gasteiger partial charge in [-0.15, -0.1) is 0 Å². The number of rotatable bonds is 6. The zero-order chi connectivity index (χ0) is 19.9. The molecule has 2 aromatic rings. The molecule has 2 aliphatic rings. The van der Waals surface area contributed by atoms with E-state index in [1.54, 1.807) is 11.7 Å². The minimum Gasteiger partial charge on any atom is -0.347 e. The quantitative estimate of drug-likeness (QED) is 0.723. The minimum absolute atomic E-state index is 0.0139. The molecule has 1 aliphatic carbocycles. The Labute approximate surface area is 168 Å². The first-order valence-corrected chi connectivity index (χ1v) is 10.4. The van der Waals surface area contributed by atoms with Crippen LogP contribution in [0.4, 0.5) is 0 Å². The number of nitrogens with zero attached hydrogens (tertiary/aromatic N) is 3. The molecule has 148 valence electrons. The summed E-state index contributed by atoms with van der Waals surface area (Å²) in [5, 5.41) is 13.1. The van der Waals surface area contributed by atoms with Crippen molar-refractivity contribution in [2.24, 2.45) is 12.2 Å². The van der Waals surface area contributed by atoms with Gasteiger partial charge in [-0.05, 0) is 31.7 Å². The van der Waals surface area contributed by atoms with Crippen LogP contribution < -0.4 is 10.5 Å². The highest BCUT2D eigenvalue weighted by Crippen LogP contribution is 2.46. The molecule has 7 nitrogen and oxygen atoms in total.